The Morgan fingerprint density at radius 1 is 1.47 bits per heavy atom. The van der Waals surface area contributed by atoms with Crippen molar-refractivity contribution in [2.75, 3.05) is 13.1 Å². The number of rotatable bonds is 3. The molecule has 1 aromatic rings. The van der Waals surface area contributed by atoms with Gasteiger partial charge in [0.05, 0.1) is 12.7 Å². The zero-order valence-corrected chi connectivity index (χ0v) is 9.33. The lowest BCUT2D eigenvalue weighted by atomic mass is 10.1. The first-order chi connectivity index (χ1) is 7.34. The quantitative estimate of drug-likeness (QED) is 0.817. The highest BCUT2D eigenvalue weighted by molar-refractivity contribution is 5.21. The molecule has 0 radical (unpaired) electrons. The molecule has 1 atom stereocenters. The van der Waals surface area contributed by atoms with Crippen molar-refractivity contribution in [1.29, 1.82) is 0 Å². The van der Waals surface area contributed by atoms with Crippen LogP contribution in [-0.2, 0) is 11.3 Å². The number of hydrogen-bond acceptors (Lipinski definition) is 2. The summed E-state index contributed by atoms with van der Waals surface area (Å²) in [6, 6.07) is 8.53. The summed E-state index contributed by atoms with van der Waals surface area (Å²) in [5, 5.41) is 3.36. The number of nitrogens with one attached hydrogen (secondary N) is 1. The second-order valence-electron chi connectivity index (χ2n) is 4.27. The van der Waals surface area contributed by atoms with Gasteiger partial charge in [0.15, 0.2) is 0 Å². The lowest BCUT2D eigenvalue weighted by Crippen LogP contribution is -2.35. The number of benzene rings is 1. The summed E-state index contributed by atoms with van der Waals surface area (Å²) < 4.78 is 5.86. The first-order valence-electron chi connectivity index (χ1n) is 5.72. The second kappa shape index (κ2) is 5.29. The van der Waals surface area contributed by atoms with Gasteiger partial charge < -0.3 is 10.1 Å². The summed E-state index contributed by atoms with van der Waals surface area (Å²) in [7, 11) is 0. The standard InChI is InChI=1S/C13H19NO/c1-11-4-2-5-12(8-11)10-15-13-6-3-7-14-9-13/h2,4-5,8,13-14H,3,6-7,9-10H2,1H3/t13-/m1/s1. The molecule has 0 bridgehead atoms. The molecule has 0 spiro atoms. The van der Waals surface area contributed by atoms with E-state index in [2.05, 4.69) is 36.5 Å². The van der Waals surface area contributed by atoms with Gasteiger partial charge in [-0.15, -0.1) is 0 Å². The highest BCUT2D eigenvalue weighted by Crippen LogP contribution is 2.11. The zero-order valence-electron chi connectivity index (χ0n) is 9.33. The van der Waals surface area contributed by atoms with Crippen molar-refractivity contribution in [3.8, 4) is 0 Å². The van der Waals surface area contributed by atoms with Crippen molar-refractivity contribution in [2.45, 2.75) is 32.5 Å². The lowest BCUT2D eigenvalue weighted by molar-refractivity contribution is 0.0253. The van der Waals surface area contributed by atoms with E-state index in [1.165, 1.54) is 24.0 Å². The van der Waals surface area contributed by atoms with Gasteiger partial charge in [-0.25, -0.2) is 0 Å². The van der Waals surface area contributed by atoms with Crippen LogP contribution in [0.2, 0.25) is 0 Å². The summed E-state index contributed by atoms with van der Waals surface area (Å²) in [5.41, 5.74) is 2.58. The van der Waals surface area contributed by atoms with Crippen LogP contribution in [0.25, 0.3) is 0 Å². The average Bonchev–Trinajstić information content (AvgIpc) is 2.28. The fourth-order valence-corrected chi connectivity index (χ4v) is 1.98. The summed E-state index contributed by atoms with van der Waals surface area (Å²) in [5.74, 6) is 0. The van der Waals surface area contributed by atoms with Crippen molar-refractivity contribution in [2.24, 2.45) is 0 Å². The topological polar surface area (TPSA) is 21.3 Å². The van der Waals surface area contributed by atoms with E-state index in [0.29, 0.717) is 6.10 Å². The van der Waals surface area contributed by atoms with E-state index < -0.39 is 0 Å². The molecule has 1 saturated heterocycles. The number of ether oxygens (including phenoxy) is 1. The average molecular weight is 205 g/mol. The van der Waals surface area contributed by atoms with E-state index >= 15 is 0 Å². The van der Waals surface area contributed by atoms with Crippen LogP contribution in [0.1, 0.15) is 24.0 Å². The Labute approximate surface area is 91.6 Å². The van der Waals surface area contributed by atoms with Crippen molar-refractivity contribution in [3.63, 3.8) is 0 Å². The molecule has 82 valence electrons. The Kier molecular flexibility index (Phi) is 3.75. The fourth-order valence-electron chi connectivity index (χ4n) is 1.98. The normalized spacial score (nSPS) is 21.5. The number of hydrogen-bond donors (Lipinski definition) is 1. The molecule has 1 aliphatic rings. The van der Waals surface area contributed by atoms with E-state index in [1.54, 1.807) is 0 Å². The molecule has 1 N–H and O–H groups in total. The Morgan fingerprint density at radius 3 is 3.13 bits per heavy atom. The van der Waals surface area contributed by atoms with Crippen LogP contribution in [0, 0.1) is 6.92 Å². The van der Waals surface area contributed by atoms with Crippen LogP contribution in [0.15, 0.2) is 24.3 Å². The molecule has 1 aliphatic heterocycles. The Bertz CT molecular complexity index is 305. The monoisotopic (exact) mass is 205 g/mol. The minimum Gasteiger partial charge on any atom is -0.372 e. The Hall–Kier alpha value is -0.860. The molecule has 1 fully saturated rings. The van der Waals surface area contributed by atoms with Gasteiger partial charge in [-0.05, 0) is 31.9 Å². The van der Waals surface area contributed by atoms with E-state index in [-0.39, 0.29) is 0 Å². The van der Waals surface area contributed by atoms with Crippen molar-refractivity contribution < 1.29 is 4.74 Å². The molecule has 0 aromatic heterocycles. The lowest BCUT2D eigenvalue weighted by Gasteiger charge is -2.23. The third-order valence-electron chi connectivity index (χ3n) is 2.82. The van der Waals surface area contributed by atoms with Gasteiger partial charge in [-0.3, -0.25) is 0 Å². The van der Waals surface area contributed by atoms with Gasteiger partial charge in [0, 0.05) is 6.54 Å². The molecule has 2 rings (SSSR count). The molecular weight excluding hydrogens is 186 g/mol. The van der Waals surface area contributed by atoms with Crippen LogP contribution in [0.5, 0.6) is 0 Å². The summed E-state index contributed by atoms with van der Waals surface area (Å²) in [6.07, 6.45) is 2.83. The zero-order chi connectivity index (χ0) is 10.5. The number of aryl methyl sites for hydroxylation is 1. The minimum atomic E-state index is 0.402. The summed E-state index contributed by atoms with van der Waals surface area (Å²) in [4.78, 5) is 0. The fraction of sp³-hybridized carbons (Fsp3) is 0.538. The molecule has 1 heterocycles. The van der Waals surface area contributed by atoms with Crippen LogP contribution in [0.3, 0.4) is 0 Å². The van der Waals surface area contributed by atoms with Crippen molar-refractivity contribution in [1.82, 2.24) is 5.32 Å². The Balaban J connectivity index is 1.81. The van der Waals surface area contributed by atoms with Gasteiger partial charge in [0.2, 0.25) is 0 Å². The van der Waals surface area contributed by atoms with Gasteiger partial charge in [0.25, 0.3) is 0 Å². The highest BCUT2D eigenvalue weighted by Gasteiger charge is 2.12. The van der Waals surface area contributed by atoms with Crippen LogP contribution < -0.4 is 5.32 Å². The maximum Gasteiger partial charge on any atom is 0.0721 e. The summed E-state index contributed by atoms with van der Waals surface area (Å²) >= 11 is 0. The third-order valence-corrected chi connectivity index (χ3v) is 2.82. The van der Waals surface area contributed by atoms with Crippen LogP contribution in [0.4, 0.5) is 0 Å². The van der Waals surface area contributed by atoms with E-state index in [4.69, 9.17) is 4.74 Å². The molecular formula is C13H19NO. The van der Waals surface area contributed by atoms with Gasteiger partial charge in [-0.1, -0.05) is 29.8 Å². The first kappa shape index (κ1) is 10.7. The molecule has 15 heavy (non-hydrogen) atoms. The van der Waals surface area contributed by atoms with Gasteiger partial charge >= 0.3 is 0 Å². The van der Waals surface area contributed by atoms with E-state index in [0.717, 1.165) is 19.7 Å². The molecule has 0 aliphatic carbocycles. The number of piperidine rings is 1. The van der Waals surface area contributed by atoms with Gasteiger partial charge in [0.1, 0.15) is 0 Å². The van der Waals surface area contributed by atoms with E-state index in [9.17, 15) is 0 Å². The van der Waals surface area contributed by atoms with E-state index in [1.807, 2.05) is 0 Å². The molecule has 0 saturated carbocycles. The smallest absolute Gasteiger partial charge is 0.0721 e. The maximum atomic E-state index is 5.86. The third kappa shape index (κ3) is 3.33. The highest BCUT2D eigenvalue weighted by atomic mass is 16.5. The predicted octanol–water partition coefficient (Wildman–Crippen LogP) is 2.26. The minimum absolute atomic E-state index is 0.402. The van der Waals surface area contributed by atoms with Crippen LogP contribution >= 0.6 is 0 Å². The molecule has 1 aromatic carbocycles. The molecule has 0 unspecified atom stereocenters. The predicted molar refractivity (Wildman–Crippen MR) is 61.9 cm³/mol. The molecule has 2 nitrogen and oxygen atoms in total. The first-order valence-corrected chi connectivity index (χ1v) is 5.72. The largest absolute Gasteiger partial charge is 0.372 e. The molecule has 0 amide bonds. The van der Waals surface area contributed by atoms with Gasteiger partial charge in [-0.2, -0.15) is 0 Å². The van der Waals surface area contributed by atoms with Crippen molar-refractivity contribution >= 4 is 0 Å². The second-order valence-corrected chi connectivity index (χ2v) is 4.27. The molecule has 2 heteroatoms. The maximum absolute atomic E-state index is 5.86. The van der Waals surface area contributed by atoms with Crippen molar-refractivity contribution in [3.05, 3.63) is 35.4 Å². The SMILES string of the molecule is Cc1cccc(CO[C@@H]2CCCNC2)c1. The summed E-state index contributed by atoms with van der Waals surface area (Å²) in [6.45, 7) is 5.01. The van der Waals surface area contributed by atoms with Crippen LogP contribution in [-0.4, -0.2) is 19.2 Å². The Morgan fingerprint density at radius 2 is 2.40 bits per heavy atom.